The third-order valence-corrected chi connectivity index (χ3v) is 7.82. The second-order valence-corrected chi connectivity index (χ2v) is 9.29. The summed E-state index contributed by atoms with van der Waals surface area (Å²) in [5.41, 5.74) is 5.27. The number of fused-ring (bicyclic) bond motifs is 1. The SMILES string of the molecule is Cc1cc2c(cc1C)C(C(=O)N1CCSCC1(C)N1CCCC1)CC2. The second kappa shape index (κ2) is 6.62. The third-order valence-electron chi connectivity index (χ3n) is 6.60. The number of likely N-dealkylation sites (tertiary alicyclic amines) is 1. The van der Waals surface area contributed by atoms with Gasteiger partial charge in [-0.25, -0.2) is 0 Å². The molecule has 2 heterocycles. The van der Waals surface area contributed by atoms with E-state index in [2.05, 4.69) is 42.7 Å². The van der Waals surface area contributed by atoms with Gasteiger partial charge in [0.15, 0.2) is 0 Å². The van der Waals surface area contributed by atoms with Crippen LogP contribution < -0.4 is 0 Å². The summed E-state index contributed by atoms with van der Waals surface area (Å²) in [5.74, 6) is 2.56. The molecule has 1 aromatic carbocycles. The molecule has 0 saturated carbocycles. The maximum absolute atomic E-state index is 13.6. The highest BCUT2D eigenvalue weighted by atomic mass is 32.2. The van der Waals surface area contributed by atoms with Crippen LogP contribution in [0, 0.1) is 13.8 Å². The minimum absolute atomic E-state index is 0.0688. The molecule has 2 unspecified atom stereocenters. The van der Waals surface area contributed by atoms with E-state index in [1.807, 2.05) is 11.8 Å². The van der Waals surface area contributed by atoms with Gasteiger partial charge < -0.3 is 4.90 Å². The zero-order valence-corrected chi connectivity index (χ0v) is 16.6. The molecule has 136 valence electrons. The molecule has 0 aromatic heterocycles. The number of hydrogen-bond acceptors (Lipinski definition) is 3. The Balaban J connectivity index is 1.63. The van der Waals surface area contributed by atoms with Crippen molar-refractivity contribution >= 4 is 17.7 Å². The van der Waals surface area contributed by atoms with E-state index in [0.29, 0.717) is 5.91 Å². The Hall–Kier alpha value is -1.00. The van der Waals surface area contributed by atoms with E-state index in [4.69, 9.17) is 0 Å². The summed E-state index contributed by atoms with van der Waals surface area (Å²) in [7, 11) is 0. The van der Waals surface area contributed by atoms with Crippen LogP contribution in [-0.2, 0) is 11.2 Å². The van der Waals surface area contributed by atoms with Gasteiger partial charge in [0, 0.05) is 31.1 Å². The Kier molecular flexibility index (Phi) is 4.61. The van der Waals surface area contributed by atoms with E-state index in [-0.39, 0.29) is 11.6 Å². The van der Waals surface area contributed by atoms with Gasteiger partial charge in [-0.3, -0.25) is 9.69 Å². The lowest BCUT2D eigenvalue weighted by Gasteiger charge is -2.50. The minimum Gasteiger partial charge on any atom is -0.322 e. The maximum atomic E-state index is 13.6. The molecule has 0 spiro atoms. The maximum Gasteiger partial charge on any atom is 0.231 e. The third kappa shape index (κ3) is 2.91. The molecule has 4 rings (SSSR count). The predicted molar refractivity (Wildman–Crippen MR) is 105 cm³/mol. The summed E-state index contributed by atoms with van der Waals surface area (Å²) in [4.78, 5) is 18.4. The molecule has 3 aliphatic rings. The van der Waals surface area contributed by atoms with Gasteiger partial charge in [0.05, 0.1) is 5.92 Å². The van der Waals surface area contributed by atoms with Gasteiger partial charge in [-0.2, -0.15) is 11.8 Å². The van der Waals surface area contributed by atoms with Crippen LogP contribution in [0.1, 0.15) is 54.4 Å². The number of benzene rings is 1. The van der Waals surface area contributed by atoms with E-state index < -0.39 is 0 Å². The van der Waals surface area contributed by atoms with Crippen molar-refractivity contribution in [2.75, 3.05) is 31.1 Å². The Morgan fingerprint density at radius 3 is 2.64 bits per heavy atom. The molecule has 25 heavy (non-hydrogen) atoms. The first-order valence-corrected chi connectivity index (χ1v) is 10.9. The van der Waals surface area contributed by atoms with Crippen molar-refractivity contribution in [3.63, 3.8) is 0 Å². The first-order chi connectivity index (χ1) is 12.0. The number of amides is 1. The van der Waals surface area contributed by atoms with Crippen molar-refractivity contribution in [2.45, 2.75) is 58.0 Å². The van der Waals surface area contributed by atoms with Gasteiger partial charge in [0.1, 0.15) is 5.66 Å². The van der Waals surface area contributed by atoms with Crippen molar-refractivity contribution in [3.8, 4) is 0 Å². The molecule has 0 bridgehead atoms. The number of carbonyl (C=O) groups excluding carboxylic acids is 1. The zero-order chi connectivity index (χ0) is 17.6. The topological polar surface area (TPSA) is 23.6 Å². The van der Waals surface area contributed by atoms with Gasteiger partial charge in [-0.1, -0.05) is 12.1 Å². The highest BCUT2D eigenvalue weighted by molar-refractivity contribution is 7.99. The minimum atomic E-state index is -0.0982. The summed E-state index contributed by atoms with van der Waals surface area (Å²) in [5, 5.41) is 0. The average molecular weight is 359 g/mol. The van der Waals surface area contributed by atoms with E-state index in [1.165, 1.54) is 35.1 Å². The number of carbonyl (C=O) groups is 1. The van der Waals surface area contributed by atoms with Crippen molar-refractivity contribution in [1.29, 1.82) is 0 Å². The molecule has 0 N–H and O–H groups in total. The molecule has 1 aliphatic carbocycles. The van der Waals surface area contributed by atoms with Crippen LogP contribution in [0.15, 0.2) is 12.1 Å². The van der Waals surface area contributed by atoms with E-state index >= 15 is 0 Å². The summed E-state index contributed by atoms with van der Waals surface area (Å²) in [6, 6.07) is 4.59. The number of aryl methyl sites for hydroxylation is 3. The van der Waals surface area contributed by atoms with Crippen LogP contribution >= 0.6 is 11.8 Å². The Morgan fingerprint density at radius 2 is 1.88 bits per heavy atom. The normalized spacial score (nSPS) is 29.9. The first-order valence-electron chi connectivity index (χ1n) is 9.75. The van der Waals surface area contributed by atoms with E-state index in [0.717, 1.165) is 44.0 Å². The smallest absolute Gasteiger partial charge is 0.231 e. The fourth-order valence-electron chi connectivity index (χ4n) is 4.89. The predicted octanol–water partition coefficient (Wildman–Crippen LogP) is 3.72. The fourth-order valence-corrected chi connectivity index (χ4v) is 6.07. The highest BCUT2D eigenvalue weighted by Gasteiger charge is 2.46. The lowest BCUT2D eigenvalue weighted by molar-refractivity contribution is -0.145. The lowest BCUT2D eigenvalue weighted by Crippen LogP contribution is -2.64. The first kappa shape index (κ1) is 17.4. The molecular formula is C21H30N2OS. The van der Waals surface area contributed by atoms with Crippen LogP contribution in [0.5, 0.6) is 0 Å². The van der Waals surface area contributed by atoms with Crippen LogP contribution in [-0.4, -0.2) is 52.5 Å². The quantitative estimate of drug-likeness (QED) is 0.805. The summed E-state index contributed by atoms with van der Waals surface area (Å²) >= 11 is 2.01. The molecule has 2 atom stereocenters. The molecule has 3 nitrogen and oxygen atoms in total. The lowest BCUT2D eigenvalue weighted by atomic mass is 9.94. The number of hydrogen-bond donors (Lipinski definition) is 0. The number of thioether (sulfide) groups is 1. The molecule has 2 fully saturated rings. The standard InChI is InChI=1S/C21H30N2OS/c1-15-12-17-6-7-18(19(17)13-16(15)2)20(24)23-10-11-25-14-21(23,3)22-8-4-5-9-22/h12-13,18H,4-11,14H2,1-3H3. The van der Waals surface area contributed by atoms with Crippen molar-refractivity contribution in [1.82, 2.24) is 9.80 Å². The van der Waals surface area contributed by atoms with Crippen LogP contribution in [0.4, 0.5) is 0 Å². The molecule has 2 saturated heterocycles. The van der Waals surface area contributed by atoms with Gasteiger partial charge in [0.25, 0.3) is 0 Å². The van der Waals surface area contributed by atoms with Gasteiger partial charge >= 0.3 is 0 Å². The van der Waals surface area contributed by atoms with Crippen LogP contribution in [0.3, 0.4) is 0 Å². The molecule has 0 radical (unpaired) electrons. The Labute approximate surface area is 156 Å². The summed E-state index contributed by atoms with van der Waals surface area (Å²) in [6.45, 7) is 9.82. The largest absolute Gasteiger partial charge is 0.322 e. The summed E-state index contributed by atoms with van der Waals surface area (Å²) < 4.78 is 0. The monoisotopic (exact) mass is 358 g/mol. The second-order valence-electron chi connectivity index (χ2n) is 8.18. The Morgan fingerprint density at radius 1 is 1.16 bits per heavy atom. The number of nitrogens with zero attached hydrogens (tertiary/aromatic N) is 2. The molecular weight excluding hydrogens is 328 g/mol. The van der Waals surface area contributed by atoms with E-state index in [1.54, 1.807) is 0 Å². The molecule has 1 aromatic rings. The van der Waals surface area contributed by atoms with Crippen molar-refractivity contribution in [3.05, 3.63) is 34.4 Å². The van der Waals surface area contributed by atoms with Gasteiger partial charge in [0.2, 0.25) is 5.91 Å². The number of rotatable bonds is 2. The summed E-state index contributed by atoms with van der Waals surface area (Å²) in [6.07, 6.45) is 4.58. The zero-order valence-electron chi connectivity index (χ0n) is 15.8. The Bertz CT molecular complexity index is 683. The van der Waals surface area contributed by atoms with Crippen molar-refractivity contribution in [2.24, 2.45) is 0 Å². The molecule has 4 heteroatoms. The van der Waals surface area contributed by atoms with Crippen molar-refractivity contribution < 1.29 is 4.79 Å². The van der Waals surface area contributed by atoms with E-state index in [9.17, 15) is 4.79 Å². The fraction of sp³-hybridized carbons (Fsp3) is 0.667. The molecule has 2 aliphatic heterocycles. The highest BCUT2D eigenvalue weighted by Crippen LogP contribution is 2.40. The molecule has 1 amide bonds. The van der Waals surface area contributed by atoms with Crippen LogP contribution in [0.25, 0.3) is 0 Å². The van der Waals surface area contributed by atoms with Gasteiger partial charge in [-0.05, 0) is 68.7 Å². The van der Waals surface area contributed by atoms with Crippen LogP contribution in [0.2, 0.25) is 0 Å². The van der Waals surface area contributed by atoms with Gasteiger partial charge in [-0.15, -0.1) is 0 Å². The average Bonchev–Trinajstić information content (AvgIpc) is 3.25.